The second kappa shape index (κ2) is 2.88. The van der Waals surface area contributed by atoms with Crippen molar-refractivity contribution in [1.29, 1.82) is 0 Å². The Morgan fingerprint density at radius 1 is 1.14 bits per heavy atom. The third-order valence-electron chi connectivity index (χ3n) is 3.40. The SMILES string of the molecule is OC[C@@]12CC[C@@](O)(N1)[C@H](O)[C@@H](O)[C@@H]2O. The average molecular weight is 205 g/mol. The molecule has 0 amide bonds. The number of aliphatic hydroxyl groups is 5. The van der Waals surface area contributed by atoms with Gasteiger partial charge in [0.1, 0.15) is 24.0 Å². The highest BCUT2D eigenvalue weighted by Crippen LogP contribution is 2.41. The lowest BCUT2D eigenvalue weighted by molar-refractivity contribution is -0.207. The second-order valence-corrected chi connectivity index (χ2v) is 4.24. The third-order valence-corrected chi connectivity index (χ3v) is 3.40. The van der Waals surface area contributed by atoms with Crippen LogP contribution in [-0.4, -0.2) is 61.7 Å². The number of rotatable bonds is 1. The van der Waals surface area contributed by atoms with E-state index < -0.39 is 29.6 Å². The molecular weight excluding hydrogens is 190 g/mol. The number of hydrogen-bond acceptors (Lipinski definition) is 6. The van der Waals surface area contributed by atoms with Crippen LogP contribution in [0, 0.1) is 0 Å². The van der Waals surface area contributed by atoms with Crippen LogP contribution in [0.5, 0.6) is 0 Å². The highest BCUT2D eigenvalue weighted by molar-refractivity contribution is 5.16. The topological polar surface area (TPSA) is 113 Å². The Kier molecular flexibility index (Phi) is 2.11. The molecule has 0 spiro atoms. The summed E-state index contributed by atoms with van der Waals surface area (Å²) in [5.74, 6) is 0. The van der Waals surface area contributed by atoms with Crippen LogP contribution in [0.15, 0.2) is 0 Å². The Morgan fingerprint density at radius 3 is 2.36 bits per heavy atom. The molecule has 2 rings (SSSR count). The minimum atomic E-state index is -1.60. The molecule has 0 aromatic heterocycles. The molecule has 2 aliphatic rings. The third kappa shape index (κ3) is 1.06. The zero-order valence-corrected chi connectivity index (χ0v) is 7.59. The zero-order valence-electron chi connectivity index (χ0n) is 7.59. The van der Waals surface area contributed by atoms with Gasteiger partial charge in [0.15, 0.2) is 0 Å². The van der Waals surface area contributed by atoms with Gasteiger partial charge in [-0.05, 0) is 12.8 Å². The van der Waals surface area contributed by atoms with Crippen LogP contribution in [0.4, 0.5) is 0 Å². The van der Waals surface area contributed by atoms with Gasteiger partial charge in [-0.15, -0.1) is 0 Å². The monoisotopic (exact) mass is 205 g/mol. The van der Waals surface area contributed by atoms with E-state index in [1.54, 1.807) is 0 Å². The lowest BCUT2D eigenvalue weighted by Gasteiger charge is -2.46. The van der Waals surface area contributed by atoms with Gasteiger partial charge in [-0.3, -0.25) is 5.32 Å². The molecule has 82 valence electrons. The van der Waals surface area contributed by atoms with Gasteiger partial charge in [0.25, 0.3) is 0 Å². The van der Waals surface area contributed by atoms with Crippen molar-refractivity contribution in [3.05, 3.63) is 0 Å². The quantitative estimate of drug-likeness (QED) is 0.270. The van der Waals surface area contributed by atoms with E-state index in [9.17, 15) is 20.4 Å². The van der Waals surface area contributed by atoms with Crippen LogP contribution in [0.1, 0.15) is 12.8 Å². The van der Waals surface area contributed by atoms with E-state index in [4.69, 9.17) is 5.11 Å². The molecule has 6 N–H and O–H groups in total. The maximum Gasteiger partial charge on any atom is 0.145 e. The Morgan fingerprint density at radius 2 is 1.79 bits per heavy atom. The molecule has 6 heteroatoms. The van der Waals surface area contributed by atoms with E-state index in [0.717, 1.165) is 0 Å². The molecule has 2 bridgehead atoms. The van der Waals surface area contributed by atoms with Crippen LogP contribution in [0.2, 0.25) is 0 Å². The minimum absolute atomic E-state index is 0.197. The van der Waals surface area contributed by atoms with Crippen molar-refractivity contribution in [2.75, 3.05) is 6.61 Å². The lowest BCUT2D eigenvalue weighted by Crippen LogP contribution is -2.74. The van der Waals surface area contributed by atoms with Gasteiger partial charge < -0.3 is 25.5 Å². The fourth-order valence-electron chi connectivity index (χ4n) is 2.41. The van der Waals surface area contributed by atoms with Crippen molar-refractivity contribution in [2.24, 2.45) is 0 Å². The number of piperidine rings is 1. The molecule has 2 heterocycles. The lowest BCUT2D eigenvalue weighted by atomic mass is 9.84. The standard InChI is InChI=1S/C8H15NO5/c10-3-7-1-2-8(14,9-7)6(13)4(11)5(7)12/h4-6,9-14H,1-3H2/t4-,5-,6+,7+,8-/m0/s1. The second-order valence-electron chi connectivity index (χ2n) is 4.24. The molecule has 0 aliphatic carbocycles. The van der Waals surface area contributed by atoms with Crippen LogP contribution in [0.3, 0.4) is 0 Å². The predicted octanol–water partition coefficient (Wildman–Crippen LogP) is -3.11. The maximum atomic E-state index is 9.83. The molecule has 2 saturated heterocycles. The van der Waals surface area contributed by atoms with E-state index in [-0.39, 0.29) is 13.0 Å². The summed E-state index contributed by atoms with van der Waals surface area (Å²) in [5.41, 5.74) is -2.69. The summed E-state index contributed by atoms with van der Waals surface area (Å²) in [6.07, 6.45) is -3.63. The Hall–Kier alpha value is -0.240. The van der Waals surface area contributed by atoms with Crippen LogP contribution in [-0.2, 0) is 0 Å². The van der Waals surface area contributed by atoms with Crippen molar-refractivity contribution in [1.82, 2.24) is 5.32 Å². The number of hydrogen-bond donors (Lipinski definition) is 6. The summed E-state index contributed by atoms with van der Waals surface area (Å²) < 4.78 is 0. The molecule has 0 radical (unpaired) electrons. The van der Waals surface area contributed by atoms with Gasteiger partial charge in [-0.1, -0.05) is 0 Å². The first kappa shape index (κ1) is 10.3. The average Bonchev–Trinajstić information content (AvgIpc) is 2.52. The molecule has 2 fully saturated rings. The molecule has 2 aliphatic heterocycles. The fraction of sp³-hybridized carbons (Fsp3) is 1.00. The smallest absolute Gasteiger partial charge is 0.145 e. The normalized spacial score (nSPS) is 57.6. The minimum Gasteiger partial charge on any atom is -0.394 e. The van der Waals surface area contributed by atoms with Gasteiger partial charge in [0.2, 0.25) is 0 Å². The van der Waals surface area contributed by atoms with E-state index in [1.165, 1.54) is 0 Å². The van der Waals surface area contributed by atoms with Crippen molar-refractivity contribution in [2.45, 2.75) is 42.4 Å². The largest absolute Gasteiger partial charge is 0.394 e. The van der Waals surface area contributed by atoms with Gasteiger partial charge in [0.05, 0.1) is 12.1 Å². The number of nitrogens with one attached hydrogen (secondary N) is 1. The highest BCUT2D eigenvalue weighted by atomic mass is 16.4. The summed E-state index contributed by atoms with van der Waals surface area (Å²) in [7, 11) is 0. The molecule has 0 aromatic rings. The summed E-state index contributed by atoms with van der Waals surface area (Å²) in [6, 6.07) is 0. The van der Waals surface area contributed by atoms with Crippen molar-refractivity contribution in [3.8, 4) is 0 Å². The van der Waals surface area contributed by atoms with Crippen LogP contribution >= 0.6 is 0 Å². The molecule has 14 heavy (non-hydrogen) atoms. The first-order valence-corrected chi connectivity index (χ1v) is 4.62. The van der Waals surface area contributed by atoms with Gasteiger partial charge in [0, 0.05) is 0 Å². The Labute approximate surface area is 80.8 Å². The van der Waals surface area contributed by atoms with Crippen LogP contribution in [0.25, 0.3) is 0 Å². The summed E-state index contributed by atoms with van der Waals surface area (Å²) in [5, 5.41) is 50.2. The fourth-order valence-corrected chi connectivity index (χ4v) is 2.41. The zero-order chi connectivity index (χ0) is 10.6. The first-order chi connectivity index (χ1) is 6.45. The van der Waals surface area contributed by atoms with E-state index in [2.05, 4.69) is 5.32 Å². The number of aliphatic hydroxyl groups excluding tert-OH is 4. The first-order valence-electron chi connectivity index (χ1n) is 4.62. The molecule has 0 saturated carbocycles. The van der Waals surface area contributed by atoms with Crippen molar-refractivity contribution >= 4 is 0 Å². The molecule has 0 unspecified atom stereocenters. The van der Waals surface area contributed by atoms with Crippen molar-refractivity contribution in [3.63, 3.8) is 0 Å². The molecule has 5 atom stereocenters. The predicted molar refractivity (Wildman–Crippen MR) is 45.2 cm³/mol. The van der Waals surface area contributed by atoms with E-state index in [1.807, 2.05) is 0 Å². The molecule has 6 nitrogen and oxygen atoms in total. The Balaban J connectivity index is 2.34. The van der Waals surface area contributed by atoms with Crippen LogP contribution < -0.4 is 5.32 Å². The molecule has 0 aromatic carbocycles. The number of fused-ring (bicyclic) bond motifs is 2. The maximum absolute atomic E-state index is 9.83. The Bertz CT molecular complexity index is 250. The van der Waals surface area contributed by atoms with Crippen molar-refractivity contribution < 1.29 is 25.5 Å². The summed E-state index contributed by atoms with van der Waals surface area (Å²) >= 11 is 0. The molecular formula is C8H15NO5. The summed E-state index contributed by atoms with van der Waals surface area (Å²) in [6.45, 7) is -0.389. The van der Waals surface area contributed by atoms with Gasteiger partial charge in [-0.25, -0.2) is 0 Å². The van der Waals surface area contributed by atoms with E-state index >= 15 is 0 Å². The highest BCUT2D eigenvalue weighted by Gasteiger charge is 2.62. The summed E-state index contributed by atoms with van der Waals surface area (Å²) in [4.78, 5) is 0. The van der Waals surface area contributed by atoms with E-state index in [0.29, 0.717) is 6.42 Å². The van der Waals surface area contributed by atoms with Gasteiger partial charge >= 0.3 is 0 Å². The van der Waals surface area contributed by atoms with Gasteiger partial charge in [-0.2, -0.15) is 0 Å².